The van der Waals surface area contributed by atoms with Crippen molar-refractivity contribution in [2.45, 2.75) is 45.8 Å². The Morgan fingerprint density at radius 1 is 1.25 bits per heavy atom. The van der Waals surface area contributed by atoms with Crippen LogP contribution >= 0.6 is 0 Å². The number of hydrogen-bond donors (Lipinski definition) is 1. The van der Waals surface area contributed by atoms with E-state index in [4.69, 9.17) is 9.47 Å². The van der Waals surface area contributed by atoms with Crippen molar-refractivity contribution in [1.29, 1.82) is 0 Å². The van der Waals surface area contributed by atoms with Crippen LogP contribution in [0, 0.1) is 0 Å². The summed E-state index contributed by atoms with van der Waals surface area (Å²) in [6.45, 7) is 8.79. The van der Waals surface area contributed by atoms with E-state index in [0.717, 1.165) is 12.0 Å². The van der Waals surface area contributed by atoms with Crippen molar-refractivity contribution in [1.82, 2.24) is 5.32 Å². The first-order chi connectivity index (χ1) is 9.42. The summed E-state index contributed by atoms with van der Waals surface area (Å²) >= 11 is 0. The van der Waals surface area contributed by atoms with Crippen molar-refractivity contribution < 1.29 is 14.3 Å². The molecule has 1 rings (SSSR count). The third-order valence-electron chi connectivity index (χ3n) is 2.65. The predicted octanol–water partition coefficient (Wildman–Crippen LogP) is 3.68. The maximum atomic E-state index is 11.9. The summed E-state index contributed by atoms with van der Waals surface area (Å²) in [5.74, 6) is 0. The fraction of sp³-hybridized carbons (Fsp3) is 0.562. The molecular weight excluding hydrogens is 254 g/mol. The van der Waals surface area contributed by atoms with Crippen molar-refractivity contribution in [3.05, 3.63) is 35.9 Å². The molecule has 4 nitrogen and oxygen atoms in total. The average molecular weight is 279 g/mol. The van der Waals surface area contributed by atoms with Crippen LogP contribution in [0.5, 0.6) is 0 Å². The van der Waals surface area contributed by atoms with Gasteiger partial charge in [-0.05, 0) is 39.7 Å². The van der Waals surface area contributed by atoms with Gasteiger partial charge in [0, 0.05) is 13.2 Å². The fourth-order valence-corrected chi connectivity index (χ4v) is 1.80. The van der Waals surface area contributed by atoms with Gasteiger partial charge in [0.2, 0.25) is 0 Å². The molecule has 112 valence electrons. The molecule has 0 aromatic heterocycles. The molecule has 0 spiro atoms. The third-order valence-corrected chi connectivity index (χ3v) is 2.65. The Bertz CT molecular complexity index is 398. The number of hydrogen-bond acceptors (Lipinski definition) is 3. The molecule has 0 unspecified atom stereocenters. The van der Waals surface area contributed by atoms with Gasteiger partial charge in [0.1, 0.15) is 5.60 Å². The van der Waals surface area contributed by atoms with Crippen LogP contribution in [0.3, 0.4) is 0 Å². The second-order valence-corrected chi connectivity index (χ2v) is 5.60. The van der Waals surface area contributed by atoms with Gasteiger partial charge in [-0.25, -0.2) is 4.79 Å². The van der Waals surface area contributed by atoms with Gasteiger partial charge in [0.25, 0.3) is 0 Å². The Balaban J connectivity index is 2.65. The molecule has 20 heavy (non-hydrogen) atoms. The van der Waals surface area contributed by atoms with Crippen molar-refractivity contribution in [3.8, 4) is 0 Å². The molecule has 1 amide bonds. The monoisotopic (exact) mass is 279 g/mol. The first-order valence-corrected chi connectivity index (χ1v) is 7.04. The summed E-state index contributed by atoms with van der Waals surface area (Å²) in [6.07, 6.45) is 0.319. The Hall–Kier alpha value is -1.55. The molecule has 0 radical (unpaired) electrons. The highest BCUT2D eigenvalue weighted by Gasteiger charge is 2.20. The molecule has 4 heteroatoms. The molecule has 1 aromatic rings. The lowest BCUT2D eigenvalue weighted by atomic mass is 10.0. The molecule has 0 saturated heterocycles. The van der Waals surface area contributed by atoms with Gasteiger partial charge in [-0.15, -0.1) is 0 Å². The molecule has 0 heterocycles. The number of benzene rings is 1. The molecule has 0 fully saturated rings. The normalized spacial score (nSPS) is 12.8. The molecular formula is C16H25NO3. The van der Waals surface area contributed by atoms with E-state index in [1.165, 1.54) is 0 Å². The van der Waals surface area contributed by atoms with E-state index in [-0.39, 0.29) is 6.04 Å². The Morgan fingerprint density at radius 2 is 1.90 bits per heavy atom. The van der Waals surface area contributed by atoms with Gasteiger partial charge in [0.05, 0.1) is 6.04 Å². The van der Waals surface area contributed by atoms with Crippen molar-refractivity contribution >= 4 is 6.09 Å². The number of rotatable bonds is 6. The SMILES string of the molecule is CCOCC[C@@H](NC(=O)OC(C)(C)C)c1ccccc1. The summed E-state index contributed by atoms with van der Waals surface area (Å²) in [5.41, 5.74) is 0.559. The number of nitrogens with one attached hydrogen (secondary N) is 1. The second-order valence-electron chi connectivity index (χ2n) is 5.60. The highest BCUT2D eigenvalue weighted by Crippen LogP contribution is 2.18. The molecule has 0 aliphatic rings. The van der Waals surface area contributed by atoms with E-state index in [9.17, 15) is 4.79 Å². The number of ether oxygens (including phenoxy) is 2. The lowest BCUT2D eigenvalue weighted by Gasteiger charge is -2.24. The first-order valence-electron chi connectivity index (χ1n) is 7.04. The predicted molar refractivity (Wildman–Crippen MR) is 79.7 cm³/mol. The van der Waals surface area contributed by atoms with E-state index in [1.54, 1.807) is 0 Å². The van der Waals surface area contributed by atoms with Crippen molar-refractivity contribution in [2.24, 2.45) is 0 Å². The standard InChI is InChI=1S/C16H25NO3/c1-5-19-12-11-14(13-9-7-6-8-10-13)17-15(18)20-16(2,3)4/h6-10,14H,5,11-12H2,1-4H3,(H,17,18)/t14-/m1/s1. The Kier molecular flexibility index (Phi) is 6.52. The molecule has 1 N–H and O–H groups in total. The quantitative estimate of drug-likeness (QED) is 0.808. The number of alkyl carbamates (subject to hydrolysis) is 1. The minimum absolute atomic E-state index is 0.0994. The lowest BCUT2D eigenvalue weighted by molar-refractivity contribution is 0.0488. The molecule has 1 aromatic carbocycles. The Labute approximate surface area is 121 Å². The van der Waals surface area contributed by atoms with Crippen LogP contribution in [-0.2, 0) is 9.47 Å². The van der Waals surface area contributed by atoms with E-state index < -0.39 is 11.7 Å². The van der Waals surface area contributed by atoms with E-state index >= 15 is 0 Å². The molecule has 0 aliphatic carbocycles. The van der Waals surface area contributed by atoms with Gasteiger partial charge in [-0.3, -0.25) is 0 Å². The van der Waals surface area contributed by atoms with Crippen LogP contribution in [0.2, 0.25) is 0 Å². The number of carbonyl (C=O) groups is 1. The Morgan fingerprint density at radius 3 is 2.45 bits per heavy atom. The smallest absolute Gasteiger partial charge is 0.408 e. The lowest BCUT2D eigenvalue weighted by Crippen LogP contribution is -2.35. The van der Waals surface area contributed by atoms with Crippen LogP contribution in [0.4, 0.5) is 4.79 Å². The molecule has 0 aliphatic heterocycles. The zero-order chi connectivity index (χ0) is 15.0. The summed E-state index contributed by atoms with van der Waals surface area (Å²) in [6, 6.07) is 9.76. The summed E-state index contributed by atoms with van der Waals surface area (Å²) < 4.78 is 10.7. The van der Waals surface area contributed by atoms with Gasteiger partial charge in [0.15, 0.2) is 0 Å². The largest absolute Gasteiger partial charge is 0.444 e. The molecule has 0 saturated carbocycles. The molecule has 1 atom stereocenters. The fourth-order valence-electron chi connectivity index (χ4n) is 1.80. The van der Waals surface area contributed by atoms with Crippen molar-refractivity contribution in [3.63, 3.8) is 0 Å². The van der Waals surface area contributed by atoms with Gasteiger partial charge in [-0.2, -0.15) is 0 Å². The topological polar surface area (TPSA) is 47.6 Å². The minimum Gasteiger partial charge on any atom is -0.444 e. The van der Waals surface area contributed by atoms with E-state index in [1.807, 2.05) is 58.0 Å². The van der Waals surface area contributed by atoms with Gasteiger partial charge in [-0.1, -0.05) is 30.3 Å². The first kappa shape index (κ1) is 16.5. The highest BCUT2D eigenvalue weighted by molar-refractivity contribution is 5.68. The van der Waals surface area contributed by atoms with Crippen LogP contribution in [0.25, 0.3) is 0 Å². The number of carbonyl (C=O) groups excluding carboxylic acids is 1. The van der Waals surface area contributed by atoms with Crippen LogP contribution in [-0.4, -0.2) is 24.9 Å². The number of amides is 1. The zero-order valence-corrected chi connectivity index (χ0v) is 12.8. The summed E-state index contributed by atoms with van der Waals surface area (Å²) in [4.78, 5) is 11.9. The summed E-state index contributed by atoms with van der Waals surface area (Å²) in [5, 5.41) is 2.91. The van der Waals surface area contributed by atoms with Crippen molar-refractivity contribution in [2.75, 3.05) is 13.2 Å². The zero-order valence-electron chi connectivity index (χ0n) is 12.8. The summed E-state index contributed by atoms with van der Waals surface area (Å²) in [7, 11) is 0. The van der Waals surface area contributed by atoms with Crippen LogP contribution in [0.1, 0.15) is 45.7 Å². The maximum Gasteiger partial charge on any atom is 0.408 e. The van der Waals surface area contributed by atoms with Crippen LogP contribution < -0.4 is 5.32 Å². The maximum absolute atomic E-state index is 11.9. The van der Waals surface area contributed by atoms with Gasteiger partial charge >= 0.3 is 6.09 Å². The van der Waals surface area contributed by atoms with E-state index in [2.05, 4.69) is 5.32 Å². The van der Waals surface area contributed by atoms with Crippen LogP contribution in [0.15, 0.2) is 30.3 Å². The minimum atomic E-state index is -0.495. The van der Waals surface area contributed by atoms with E-state index in [0.29, 0.717) is 13.2 Å². The average Bonchev–Trinajstić information content (AvgIpc) is 2.37. The van der Waals surface area contributed by atoms with Gasteiger partial charge < -0.3 is 14.8 Å². The highest BCUT2D eigenvalue weighted by atomic mass is 16.6. The third kappa shape index (κ3) is 6.57. The second kappa shape index (κ2) is 7.90. The molecule has 0 bridgehead atoms.